The van der Waals surface area contributed by atoms with Gasteiger partial charge in [0.05, 0.1) is 16.1 Å². The number of rotatable bonds is 5. The van der Waals surface area contributed by atoms with Crippen LogP contribution in [0.5, 0.6) is 0 Å². The van der Waals surface area contributed by atoms with Crippen LogP contribution in [0, 0.1) is 0 Å². The predicted molar refractivity (Wildman–Crippen MR) is 85.3 cm³/mol. The summed E-state index contributed by atoms with van der Waals surface area (Å²) in [5.41, 5.74) is 2.13. The molecule has 0 saturated heterocycles. The molecule has 0 saturated carbocycles. The van der Waals surface area contributed by atoms with Crippen LogP contribution in [-0.2, 0) is 4.79 Å². The smallest absolute Gasteiger partial charge is 0.335 e. The standard InChI is InChI=1S/C15H14N2O4S/c1-8(7-11(18)19)13-12(17-15(16-2)22-13)9-3-5-10(6-4-9)14(20)21/h3-7H,1-2H3,(H,16,17)(H,18,19)(H,20,21)/b8-7+. The molecule has 0 aliphatic carbocycles. The average Bonchev–Trinajstić information content (AvgIpc) is 2.91. The molecule has 6 nitrogen and oxygen atoms in total. The van der Waals surface area contributed by atoms with Gasteiger partial charge in [0.2, 0.25) is 0 Å². The molecular weight excluding hydrogens is 304 g/mol. The number of allylic oxidation sites excluding steroid dienone is 1. The molecule has 0 unspecified atom stereocenters. The van der Waals surface area contributed by atoms with E-state index in [0.717, 1.165) is 16.5 Å². The fourth-order valence-electron chi connectivity index (χ4n) is 1.91. The molecule has 0 fully saturated rings. The van der Waals surface area contributed by atoms with Crippen molar-refractivity contribution in [3.63, 3.8) is 0 Å². The number of aromatic carboxylic acids is 1. The van der Waals surface area contributed by atoms with E-state index in [2.05, 4.69) is 10.3 Å². The van der Waals surface area contributed by atoms with Crippen molar-refractivity contribution in [3.05, 3.63) is 40.8 Å². The lowest BCUT2D eigenvalue weighted by atomic mass is 10.1. The first-order valence-electron chi connectivity index (χ1n) is 6.36. The van der Waals surface area contributed by atoms with Crippen LogP contribution in [0.2, 0.25) is 0 Å². The van der Waals surface area contributed by atoms with Crippen molar-refractivity contribution in [1.29, 1.82) is 0 Å². The van der Waals surface area contributed by atoms with Gasteiger partial charge >= 0.3 is 11.9 Å². The predicted octanol–water partition coefficient (Wildman–Crippen LogP) is 3.04. The number of thiazole rings is 1. The van der Waals surface area contributed by atoms with E-state index in [9.17, 15) is 9.59 Å². The number of nitrogens with zero attached hydrogens (tertiary/aromatic N) is 1. The molecule has 1 aromatic carbocycles. The third kappa shape index (κ3) is 3.32. The van der Waals surface area contributed by atoms with E-state index in [4.69, 9.17) is 10.2 Å². The number of anilines is 1. The van der Waals surface area contributed by atoms with Gasteiger partial charge in [-0.25, -0.2) is 14.6 Å². The molecule has 3 N–H and O–H groups in total. The van der Waals surface area contributed by atoms with Crippen molar-refractivity contribution >= 4 is 34.0 Å². The first-order chi connectivity index (χ1) is 10.4. The number of carboxylic acid groups (broad SMARTS) is 2. The number of carboxylic acids is 2. The van der Waals surface area contributed by atoms with Crippen LogP contribution in [0.1, 0.15) is 22.2 Å². The molecular formula is C15H14N2O4S. The Balaban J connectivity index is 2.52. The van der Waals surface area contributed by atoms with Gasteiger partial charge in [0.1, 0.15) is 0 Å². The third-order valence-electron chi connectivity index (χ3n) is 2.94. The summed E-state index contributed by atoms with van der Waals surface area (Å²) in [6, 6.07) is 6.32. The molecule has 0 atom stereocenters. The molecule has 7 heteroatoms. The van der Waals surface area contributed by atoms with Gasteiger partial charge in [-0.05, 0) is 24.6 Å². The molecule has 2 aromatic rings. The normalized spacial score (nSPS) is 11.3. The first-order valence-corrected chi connectivity index (χ1v) is 7.18. The number of aromatic nitrogens is 1. The summed E-state index contributed by atoms with van der Waals surface area (Å²) in [4.78, 5) is 26.9. The minimum Gasteiger partial charge on any atom is -0.478 e. The molecule has 0 bridgehead atoms. The topological polar surface area (TPSA) is 99.5 Å². The van der Waals surface area contributed by atoms with Gasteiger partial charge in [0.15, 0.2) is 5.13 Å². The zero-order valence-electron chi connectivity index (χ0n) is 12.0. The highest BCUT2D eigenvalue weighted by Crippen LogP contribution is 2.35. The van der Waals surface area contributed by atoms with E-state index in [-0.39, 0.29) is 5.56 Å². The SMILES string of the molecule is CNc1nc(-c2ccc(C(=O)O)cc2)c(/C(C)=C/C(=O)O)s1. The van der Waals surface area contributed by atoms with Crippen LogP contribution in [-0.4, -0.2) is 34.2 Å². The van der Waals surface area contributed by atoms with Crippen LogP contribution in [0.15, 0.2) is 30.3 Å². The van der Waals surface area contributed by atoms with E-state index >= 15 is 0 Å². The quantitative estimate of drug-likeness (QED) is 0.733. The molecule has 0 aliphatic rings. The Bertz CT molecular complexity index is 747. The van der Waals surface area contributed by atoms with Gasteiger partial charge in [0.25, 0.3) is 0 Å². The Hall–Kier alpha value is -2.67. The first kappa shape index (κ1) is 15.7. The van der Waals surface area contributed by atoms with Crippen LogP contribution in [0.4, 0.5) is 5.13 Å². The second-order valence-electron chi connectivity index (χ2n) is 4.49. The third-order valence-corrected chi connectivity index (χ3v) is 4.15. The lowest BCUT2D eigenvalue weighted by Crippen LogP contribution is -1.95. The summed E-state index contributed by atoms with van der Waals surface area (Å²) in [6.45, 7) is 1.70. The van der Waals surface area contributed by atoms with Gasteiger partial charge in [-0.15, -0.1) is 0 Å². The molecule has 0 amide bonds. The Labute approximate surface area is 130 Å². The second kappa shape index (κ2) is 6.40. The Morgan fingerprint density at radius 1 is 1.23 bits per heavy atom. The summed E-state index contributed by atoms with van der Waals surface area (Å²) >= 11 is 1.34. The summed E-state index contributed by atoms with van der Waals surface area (Å²) in [6.07, 6.45) is 1.13. The maximum atomic E-state index is 10.9. The van der Waals surface area contributed by atoms with E-state index in [1.165, 1.54) is 23.5 Å². The highest BCUT2D eigenvalue weighted by atomic mass is 32.1. The zero-order chi connectivity index (χ0) is 16.3. The number of carbonyl (C=O) groups is 2. The summed E-state index contributed by atoms with van der Waals surface area (Å²) in [7, 11) is 1.73. The van der Waals surface area contributed by atoms with Crippen molar-refractivity contribution in [2.24, 2.45) is 0 Å². The van der Waals surface area contributed by atoms with Crippen molar-refractivity contribution in [3.8, 4) is 11.3 Å². The van der Waals surface area contributed by atoms with E-state index in [1.807, 2.05) is 0 Å². The number of nitrogens with one attached hydrogen (secondary N) is 1. The van der Waals surface area contributed by atoms with Gasteiger partial charge < -0.3 is 15.5 Å². The number of aliphatic carboxylic acids is 1. The van der Waals surface area contributed by atoms with Crippen LogP contribution < -0.4 is 5.32 Å². The van der Waals surface area contributed by atoms with Gasteiger partial charge in [-0.1, -0.05) is 23.5 Å². The average molecular weight is 318 g/mol. The molecule has 0 radical (unpaired) electrons. The minimum atomic E-state index is -1.02. The molecule has 1 heterocycles. The molecule has 114 valence electrons. The molecule has 0 spiro atoms. The lowest BCUT2D eigenvalue weighted by molar-refractivity contribution is -0.131. The zero-order valence-corrected chi connectivity index (χ0v) is 12.8. The molecule has 2 rings (SSSR count). The van der Waals surface area contributed by atoms with Crippen LogP contribution >= 0.6 is 11.3 Å². The minimum absolute atomic E-state index is 0.187. The highest BCUT2D eigenvalue weighted by Gasteiger charge is 2.15. The van der Waals surface area contributed by atoms with Gasteiger partial charge in [-0.2, -0.15) is 0 Å². The fraction of sp³-hybridized carbons (Fsp3) is 0.133. The Morgan fingerprint density at radius 2 is 1.86 bits per heavy atom. The maximum Gasteiger partial charge on any atom is 0.335 e. The van der Waals surface area contributed by atoms with Gasteiger partial charge in [-0.3, -0.25) is 0 Å². The molecule has 22 heavy (non-hydrogen) atoms. The number of hydrogen-bond acceptors (Lipinski definition) is 5. The van der Waals surface area contributed by atoms with Crippen molar-refractivity contribution in [2.75, 3.05) is 12.4 Å². The van der Waals surface area contributed by atoms with Crippen LogP contribution in [0.25, 0.3) is 16.8 Å². The summed E-state index contributed by atoms with van der Waals surface area (Å²) < 4.78 is 0. The second-order valence-corrected chi connectivity index (χ2v) is 5.49. The van der Waals surface area contributed by atoms with E-state index in [1.54, 1.807) is 26.1 Å². The number of benzene rings is 1. The van der Waals surface area contributed by atoms with Crippen molar-refractivity contribution in [1.82, 2.24) is 4.98 Å². The lowest BCUT2D eigenvalue weighted by Gasteiger charge is -2.03. The van der Waals surface area contributed by atoms with Crippen molar-refractivity contribution < 1.29 is 19.8 Å². The number of hydrogen-bond donors (Lipinski definition) is 3. The maximum absolute atomic E-state index is 10.9. The largest absolute Gasteiger partial charge is 0.478 e. The van der Waals surface area contributed by atoms with Crippen molar-refractivity contribution in [2.45, 2.75) is 6.92 Å². The summed E-state index contributed by atoms with van der Waals surface area (Å²) in [5, 5.41) is 21.4. The van der Waals surface area contributed by atoms with E-state index in [0.29, 0.717) is 16.4 Å². The summed E-state index contributed by atoms with van der Waals surface area (Å²) in [5.74, 6) is -2.02. The molecule has 1 aromatic heterocycles. The Kier molecular flexibility index (Phi) is 4.57. The monoisotopic (exact) mass is 318 g/mol. The molecule has 0 aliphatic heterocycles. The highest BCUT2D eigenvalue weighted by molar-refractivity contribution is 7.17. The van der Waals surface area contributed by atoms with Gasteiger partial charge in [0, 0.05) is 18.7 Å². The van der Waals surface area contributed by atoms with Crippen LogP contribution in [0.3, 0.4) is 0 Å². The fourth-order valence-corrected chi connectivity index (χ4v) is 2.82. The van der Waals surface area contributed by atoms with E-state index < -0.39 is 11.9 Å². The Morgan fingerprint density at radius 3 is 2.36 bits per heavy atom.